The summed E-state index contributed by atoms with van der Waals surface area (Å²) in [5.74, 6) is 0.475. The highest BCUT2D eigenvalue weighted by Crippen LogP contribution is 2.32. The van der Waals surface area contributed by atoms with E-state index in [-0.39, 0.29) is 18.3 Å². The molecule has 0 spiro atoms. The lowest BCUT2D eigenvalue weighted by Gasteiger charge is -2.32. The Balaban J connectivity index is 0.00000196. The molecule has 0 amide bonds. The molecule has 8 heteroatoms. The molecule has 2 aromatic rings. The highest BCUT2D eigenvalue weighted by atomic mass is 35.5. The predicted molar refractivity (Wildman–Crippen MR) is 96.7 cm³/mol. The minimum atomic E-state index is -4.37. The number of aromatic amines is 1. The van der Waals surface area contributed by atoms with E-state index < -0.39 is 11.9 Å². The van der Waals surface area contributed by atoms with E-state index >= 15 is 0 Å². The smallest absolute Gasteiger partial charge is 0.384 e. The Morgan fingerprint density at radius 2 is 2.12 bits per heavy atom. The van der Waals surface area contributed by atoms with Gasteiger partial charge in [0.25, 0.3) is 0 Å². The number of benzene rings is 1. The molecule has 1 atom stereocenters. The summed E-state index contributed by atoms with van der Waals surface area (Å²) >= 11 is 0. The molecular weight excluding hydrogens is 365 g/mol. The van der Waals surface area contributed by atoms with Crippen LogP contribution in [0.15, 0.2) is 24.4 Å². The Labute approximate surface area is 156 Å². The summed E-state index contributed by atoms with van der Waals surface area (Å²) in [4.78, 5) is 8.78. The monoisotopic (exact) mass is 386 g/mol. The van der Waals surface area contributed by atoms with Crippen LogP contribution in [0.25, 0.3) is 0 Å². The molecule has 2 N–H and O–H groups in total. The Bertz CT molecular complexity index is 759. The molecule has 3 heterocycles. The molecule has 2 aliphatic rings. The van der Waals surface area contributed by atoms with Crippen molar-refractivity contribution in [1.29, 1.82) is 0 Å². The van der Waals surface area contributed by atoms with Gasteiger partial charge in [-0.15, -0.1) is 12.4 Å². The summed E-state index contributed by atoms with van der Waals surface area (Å²) in [5.41, 5.74) is 3.10. The first-order valence-corrected chi connectivity index (χ1v) is 8.70. The number of rotatable bonds is 3. The van der Waals surface area contributed by atoms with Gasteiger partial charge in [0.1, 0.15) is 11.5 Å². The Morgan fingerprint density at radius 1 is 1.27 bits per heavy atom. The van der Waals surface area contributed by atoms with Crippen LogP contribution >= 0.6 is 12.4 Å². The largest absolute Gasteiger partial charge is 0.432 e. The van der Waals surface area contributed by atoms with Crippen molar-refractivity contribution < 1.29 is 13.2 Å². The minimum Gasteiger partial charge on any atom is -0.384 e. The van der Waals surface area contributed by atoms with Crippen molar-refractivity contribution in [3.05, 3.63) is 47.0 Å². The zero-order valence-electron chi connectivity index (χ0n) is 14.3. The second kappa shape index (κ2) is 7.48. The van der Waals surface area contributed by atoms with Gasteiger partial charge in [-0.2, -0.15) is 13.2 Å². The third-order valence-corrected chi connectivity index (χ3v) is 5.12. The summed E-state index contributed by atoms with van der Waals surface area (Å²) in [6.45, 7) is 3.49. The predicted octanol–water partition coefficient (Wildman–Crippen LogP) is 4.20. The van der Waals surface area contributed by atoms with Crippen LogP contribution < -0.4 is 5.32 Å². The van der Waals surface area contributed by atoms with Crippen LogP contribution in [0.1, 0.15) is 41.4 Å². The van der Waals surface area contributed by atoms with Crippen molar-refractivity contribution in [3.8, 4) is 0 Å². The number of aromatic nitrogens is 2. The molecule has 0 bridgehead atoms. The van der Waals surface area contributed by atoms with E-state index in [4.69, 9.17) is 0 Å². The first-order chi connectivity index (χ1) is 12.0. The fourth-order valence-corrected chi connectivity index (χ4v) is 3.89. The van der Waals surface area contributed by atoms with E-state index in [0.717, 1.165) is 51.6 Å². The number of likely N-dealkylation sites (tertiary alicyclic amines) is 1. The van der Waals surface area contributed by atoms with Gasteiger partial charge in [-0.05, 0) is 36.9 Å². The number of H-pyrrole nitrogens is 1. The lowest BCUT2D eigenvalue weighted by Crippen LogP contribution is -2.34. The van der Waals surface area contributed by atoms with E-state index in [2.05, 4.69) is 38.4 Å². The molecule has 0 saturated carbocycles. The maximum Gasteiger partial charge on any atom is 0.432 e. The SMILES string of the molecule is Cl.FC(F)(F)c1cnc(C2CCCN(Cc3cccc4c3NCC4)C2)[nH]1. The molecular formula is C18H22ClF3N4. The van der Waals surface area contributed by atoms with Gasteiger partial charge >= 0.3 is 6.18 Å². The molecule has 4 nitrogen and oxygen atoms in total. The lowest BCUT2D eigenvalue weighted by atomic mass is 9.96. The average Bonchev–Trinajstić information content (AvgIpc) is 3.25. The number of imidazole rings is 1. The molecule has 0 radical (unpaired) electrons. The topological polar surface area (TPSA) is 44.0 Å². The van der Waals surface area contributed by atoms with Crippen molar-refractivity contribution in [3.63, 3.8) is 0 Å². The first-order valence-electron chi connectivity index (χ1n) is 8.70. The van der Waals surface area contributed by atoms with Crippen molar-refractivity contribution >= 4 is 18.1 Å². The van der Waals surface area contributed by atoms with E-state index in [0.29, 0.717) is 5.82 Å². The molecule has 0 aliphatic carbocycles. The quantitative estimate of drug-likeness (QED) is 0.831. The second-order valence-corrected chi connectivity index (χ2v) is 6.88. The fraction of sp³-hybridized carbons (Fsp3) is 0.500. The Kier molecular flexibility index (Phi) is 5.48. The Morgan fingerprint density at radius 3 is 2.88 bits per heavy atom. The molecule has 26 heavy (non-hydrogen) atoms. The zero-order valence-corrected chi connectivity index (χ0v) is 15.1. The van der Waals surface area contributed by atoms with Gasteiger partial charge in [-0.1, -0.05) is 18.2 Å². The average molecular weight is 387 g/mol. The number of nitrogens with one attached hydrogen (secondary N) is 2. The summed E-state index contributed by atoms with van der Waals surface area (Å²) < 4.78 is 38.3. The van der Waals surface area contributed by atoms with Crippen molar-refractivity contribution in [2.24, 2.45) is 0 Å². The van der Waals surface area contributed by atoms with Crippen LogP contribution in [0.4, 0.5) is 18.9 Å². The molecule has 1 saturated heterocycles. The number of halogens is 4. The van der Waals surface area contributed by atoms with E-state index in [1.807, 2.05) is 0 Å². The first kappa shape index (κ1) is 19.0. The molecule has 1 unspecified atom stereocenters. The van der Waals surface area contributed by atoms with Crippen molar-refractivity contribution in [1.82, 2.24) is 14.9 Å². The summed E-state index contributed by atoms with van der Waals surface area (Å²) in [6, 6.07) is 6.37. The van der Waals surface area contributed by atoms with E-state index in [9.17, 15) is 13.2 Å². The normalized spacial score (nSPS) is 20.3. The van der Waals surface area contributed by atoms with Crippen LogP contribution in [0.2, 0.25) is 0 Å². The van der Waals surface area contributed by atoms with Gasteiger partial charge in [0, 0.05) is 31.2 Å². The third-order valence-electron chi connectivity index (χ3n) is 5.12. The number of nitrogens with zero attached hydrogens (tertiary/aromatic N) is 2. The summed E-state index contributed by atoms with van der Waals surface area (Å²) in [7, 11) is 0. The van der Waals surface area contributed by atoms with Gasteiger partial charge in [-0.3, -0.25) is 4.90 Å². The summed E-state index contributed by atoms with van der Waals surface area (Å²) in [5, 5.41) is 3.45. The van der Waals surface area contributed by atoms with Crippen LogP contribution in [-0.2, 0) is 19.1 Å². The second-order valence-electron chi connectivity index (χ2n) is 6.88. The van der Waals surface area contributed by atoms with E-state index in [1.54, 1.807) is 0 Å². The standard InChI is InChI=1S/C18H21F3N4.ClH/c19-18(20,21)15-9-23-17(24-15)14-5-2-8-25(11-14)10-13-4-1-3-12-6-7-22-16(12)13;/h1,3-4,9,14,22H,2,5-8,10-11H2,(H,23,24);1H. The number of piperidine rings is 1. The summed E-state index contributed by atoms with van der Waals surface area (Å²) in [6.07, 6.45) is -0.571. The van der Waals surface area contributed by atoms with Gasteiger partial charge in [-0.25, -0.2) is 4.98 Å². The van der Waals surface area contributed by atoms with Crippen LogP contribution in [-0.4, -0.2) is 34.5 Å². The number of alkyl halides is 3. The zero-order chi connectivity index (χ0) is 17.4. The molecule has 4 rings (SSSR count). The molecule has 1 aromatic heterocycles. The van der Waals surface area contributed by atoms with Gasteiger partial charge in [0.05, 0.1) is 6.20 Å². The number of hydrogen-bond donors (Lipinski definition) is 2. The maximum atomic E-state index is 12.8. The highest BCUT2D eigenvalue weighted by Gasteiger charge is 2.34. The number of hydrogen-bond acceptors (Lipinski definition) is 3. The van der Waals surface area contributed by atoms with Gasteiger partial charge < -0.3 is 10.3 Å². The van der Waals surface area contributed by atoms with Crippen molar-refractivity contribution in [2.75, 3.05) is 25.0 Å². The number of anilines is 1. The molecule has 1 aromatic carbocycles. The third kappa shape index (κ3) is 3.83. The molecule has 1 fully saturated rings. The van der Waals surface area contributed by atoms with Crippen LogP contribution in [0, 0.1) is 0 Å². The van der Waals surface area contributed by atoms with Gasteiger partial charge in [0.2, 0.25) is 0 Å². The number of para-hydroxylation sites is 1. The molecule has 2 aliphatic heterocycles. The van der Waals surface area contributed by atoms with Crippen molar-refractivity contribution in [2.45, 2.75) is 37.9 Å². The maximum absolute atomic E-state index is 12.8. The van der Waals surface area contributed by atoms with Crippen LogP contribution in [0.5, 0.6) is 0 Å². The van der Waals surface area contributed by atoms with Gasteiger partial charge in [0.15, 0.2) is 0 Å². The minimum absolute atomic E-state index is 0. The number of fused-ring (bicyclic) bond motifs is 1. The molecule has 142 valence electrons. The highest BCUT2D eigenvalue weighted by molar-refractivity contribution is 5.85. The van der Waals surface area contributed by atoms with E-state index in [1.165, 1.54) is 16.8 Å². The Hall–Kier alpha value is -1.73. The fourth-order valence-electron chi connectivity index (χ4n) is 3.89. The lowest BCUT2D eigenvalue weighted by molar-refractivity contribution is -0.141. The van der Waals surface area contributed by atoms with Crippen LogP contribution in [0.3, 0.4) is 0 Å².